The number of hydrogen-bond acceptors (Lipinski definition) is 4. The van der Waals surface area contributed by atoms with Crippen molar-refractivity contribution in [2.24, 2.45) is 7.05 Å². The van der Waals surface area contributed by atoms with Gasteiger partial charge in [-0.05, 0) is 6.26 Å². The Hall–Kier alpha value is -0.840. The van der Waals surface area contributed by atoms with E-state index in [9.17, 15) is 4.79 Å². The normalized spacial score (nSPS) is 17.5. The van der Waals surface area contributed by atoms with Crippen LogP contribution in [0.2, 0.25) is 0 Å². The van der Waals surface area contributed by atoms with Crippen LogP contribution < -0.4 is 0 Å². The molecule has 70 valence electrons. The molecule has 1 aromatic heterocycles. The number of aromatic nitrogens is 3. The third-order valence-electron chi connectivity index (χ3n) is 2.36. The number of nitrogens with zero attached hydrogens (tertiary/aromatic N) is 3. The fourth-order valence-corrected chi connectivity index (χ4v) is 2.02. The van der Waals surface area contributed by atoms with Gasteiger partial charge in [-0.1, -0.05) is 11.8 Å². The molecule has 4 nitrogen and oxygen atoms in total. The summed E-state index contributed by atoms with van der Waals surface area (Å²) in [7, 11) is 1.95. The maximum atomic E-state index is 10.8. The Balaban J connectivity index is 2.21. The summed E-state index contributed by atoms with van der Waals surface area (Å²) >= 11 is 1.57. The number of hydrogen-bond donors (Lipinski definition) is 0. The molecule has 0 amide bonds. The predicted molar refractivity (Wildman–Crippen MR) is 49.8 cm³/mol. The minimum absolute atomic E-state index is 0.311. The van der Waals surface area contributed by atoms with Crippen LogP contribution in [-0.2, 0) is 11.8 Å². The van der Waals surface area contributed by atoms with E-state index in [1.165, 1.54) is 0 Å². The predicted octanol–water partition coefficient (Wildman–Crippen LogP) is 0.983. The molecule has 0 N–H and O–H groups in total. The molecule has 0 aliphatic heterocycles. The van der Waals surface area contributed by atoms with Gasteiger partial charge in [-0.15, -0.1) is 10.2 Å². The van der Waals surface area contributed by atoms with Gasteiger partial charge in [0.05, 0.1) is 0 Å². The first kappa shape index (κ1) is 8.74. The van der Waals surface area contributed by atoms with Crippen molar-refractivity contribution in [2.45, 2.75) is 23.9 Å². The van der Waals surface area contributed by atoms with Crippen LogP contribution in [-0.4, -0.2) is 26.8 Å². The molecule has 0 spiro atoms. The maximum Gasteiger partial charge on any atom is 0.190 e. The molecule has 1 aliphatic rings. The lowest BCUT2D eigenvalue weighted by atomic mass is 9.83. The molecule has 0 radical (unpaired) electrons. The van der Waals surface area contributed by atoms with Crippen LogP contribution in [0.4, 0.5) is 0 Å². The van der Waals surface area contributed by atoms with E-state index in [2.05, 4.69) is 10.2 Å². The minimum Gasteiger partial charge on any atom is -0.309 e. The molecule has 0 aromatic carbocycles. The van der Waals surface area contributed by atoms with Crippen molar-refractivity contribution in [3.8, 4) is 0 Å². The Kier molecular flexibility index (Phi) is 2.11. The molecule has 13 heavy (non-hydrogen) atoms. The fraction of sp³-hybridized carbons (Fsp3) is 0.625. The second kappa shape index (κ2) is 3.14. The van der Waals surface area contributed by atoms with Gasteiger partial charge in [0, 0.05) is 25.8 Å². The summed E-state index contributed by atoms with van der Waals surface area (Å²) < 4.78 is 1.97. The van der Waals surface area contributed by atoms with E-state index in [-0.39, 0.29) is 0 Å². The Labute approximate surface area is 80.7 Å². The first-order chi connectivity index (χ1) is 6.22. The Morgan fingerprint density at radius 1 is 1.46 bits per heavy atom. The lowest BCUT2D eigenvalue weighted by Crippen LogP contribution is -2.23. The van der Waals surface area contributed by atoms with E-state index >= 15 is 0 Å². The van der Waals surface area contributed by atoms with Gasteiger partial charge in [-0.2, -0.15) is 0 Å². The summed E-state index contributed by atoms with van der Waals surface area (Å²) in [6.45, 7) is 0. The minimum atomic E-state index is 0.311. The smallest absolute Gasteiger partial charge is 0.190 e. The summed E-state index contributed by atoms with van der Waals surface area (Å²) in [5.74, 6) is 1.59. The van der Waals surface area contributed by atoms with E-state index in [4.69, 9.17) is 0 Å². The van der Waals surface area contributed by atoms with E-state index in [0.29, 0.717) is 24.5 Å². The second-order valence-corrected chi connectivity index (χ2v) is 4.02. The average molecular weight is 197 g/mol. The second-order valence-electron chi connectivity index (χ2n) is 3.25. The molecule has 2 rings (SSSR count). The monoisotopic (exact) mass is 197 g/mol. The first-order valence-electron chi connectivity index (χ1n) is 4.17. The lowest BCUT2D eigenvalue weighted by molar-refractivity contribution is -0.124. The van der Waals surface area contributed by atoms with Crippen LogP contribution in [0.15, 0.2) is 5.16 Å². The molecular formula is C8H11N3OS. The first-order valence-corrected chi connectivity index (χ1v) is 5.40. The quantitative estimate of drug-likeness (QED) is 0.663. The Morgan fingerprint density at radius 2 is 2.15 bits per heavy atom. The number of thioether (sulfide) groups is 1. The van der Waals surface area contributed by atoms with E-state index in [0.717, 1.165) is 11.0 Å². The van der Waals surface area contributed by atoms with Gasteiger partial charge >= 0.3 is 0 Å². The molecule has 0 bridgehead atoms. The molecule has 5 heteroatoms. The van der Waals surface area contributed by atoms with Crippen molar-refractivity contribution in [3.05, 3.63) is 5.82 Å². The number of carbonyl (C=O) groups excluding carboxylic acids is 1. The zero-order valence-electron chi connectivity index (χ0n) is 7.65. The number of carbonyl (C=O) groups is 1. The highest BCUT2D eigenvalue weighted by atomic mass is 32.2. The lowest BCUT2D eigenvalue weighted by Gasteiger charge is -2.22. The Morgan fingerprint density at radius 3 is 2.62 bits per heavy atom. The van der Waals surface area contributed by atoms with Crippen molar-refractivity contribution >= 4 is 17.5 Å². The average Bonchev–Trinajstić information content (AvgIpc) is 2.41. The van der Waals surface area contributed by atoms with Gasteiger partial charge in [-0.3, -0.25) is 4.79 Å². The standard InChI is InChI=1S/C8H11N3OS/c1-11-7(5-3-6(12)4-5)9-10-8(11)13-2/h5H,3-4H2,1-2H3. The van der Waals surface area contributed by atoms with Gasteiger partial charge in [0.1, 0.15) is 11.6 Å². The van der Waals surface area contributed by atoms with Gasteiger partial charge < -0.3 is 4.57 Å². The largest absolute Gasteiger partial charge is 0.309 e. The molecule has 0 unspecified atom stereocenters. The topological polar surface area (TPSA) is 47.8 Å². The van der Waals surface area contributed by atoms with Crippen LogP contribution in [0.1, 0.15) is 24.6 Å². The molecular weight excluding hydrogens is 186 g/mol. The van der Waals surface area contributed by atoms with Gasteiger partial charge in [0.2, 0.25) is 0 Å². The van der Waals surface area contributed by atoms with E-state index in [1.807, 2.05) is 17.9 Å². The van der Waals surface area contributed by atoms with Crippen molar-refractivity contribution in [1.29, 1.82) is 0 Å². The van der Waals surface area contributed by atoms with Crippen LogP contribution in [0, 0.1) is 0 Å². The van der Waals surface area contributed by atoms with Crippen molar-refractivity contribution < 1.29 is 4.79 Å². The molecule has 1 aliphatic carbocycles. The van der Waals surface area contributed by atoms with Crippen molar-refractivity contribution in [3.63, 3.8) is 0 Å². The third kappa shape index (κ3) is 1.37. The summed E-state index contributed by atoms with van der Waals surface area (Å²) in [4.78, 5) is 10.8. The maximum absolute atomic E-state index is 10.8. The molecule has 1 fully saturated rings. The molecule has 0 atom stereocenters. The van der Waals surface area contributed by atoms with Crippen molar-refractivity contribution in [2.75, 3.05) is 6.26 Å². The number of rotatable bonds is 2. The summed E-state index contributed by atoms with van der Waals surface area (Å²) in [6, 6.07) is 0. The van der Waals surface area contributed by atoms with Crippen LogP contribution >= 0.6 is 11.8 Å². The molecule has 1 heterocycles. The van der Waals surface area contributed by atoms with Crippen LogP contribution in [0.5, 0.6) is 0 Å². The fourth-order valence-electron chi connectivity index (χ4n) is 1.53. The van der Waals surface area contributed by atoms with Crippen molar-refractivity contribution in [1.82, 2.24) is 14.8 Å². The zero-order chi connectivity index (χ0) is 9.42. The SMILES string of the molecule is CSc1nnc(C2CC(=O)C2)n1C. The van der Waals surface area contributed by atoms with E-state index < -0.39 is 0 Å². The summed E-state index contributed by atoms with van der Waals surface area (Å²) in [5.41, 5.74) is 0. The molecule has 0 saturated heterocycles. The van der Waals surface area contributed by atoms with Crippen LogP contribution in [0.3, 0.4) is 0 Å². The number of Topliss-reactive ketones (excluding diaryl/α,β-unsaturated/α-hetero) is 1. The van der Waals surface area contributed by atoms with Gasteiger partial charge in [-0.25, -0.2) is 0 Å². The number of ketones is 1. The summed E-state index contributed by atoms with van der Waals surface area (Å²) in [6.07, 6.45) is 3.25. The van der Waals surface area contributed by atoms with Gasteiger partial charge in [0.25, 0.3) is 0 Å². The molecule has 1 aromatic rings. The summed E-state index contributed by atoms with van der Waals surface area (Å²) in [5, 5.41) is 9.02. The zero-order valence-corrected chi connectivity index (χ0v) is 8.47. The van der Waals surface area contributed by atoms with Gasteiger partial charge in [0.15, 0.2) is 5.16 Å². The molecule has 1 saturated carbocycles. The van der Waals surface area contributed by atoms with E-state index in [1.54, 1.807) is 11.8 Å². The Bertz CT molecular complexity index is 339. The van der Waals surface area contributed by atoms with Crippen LogP contribution in [0.25, 0.3) is 0 Å². The third-order valence-corrected chi connectivity index (χ3v) is 3.09. The highest BCUT2D eigenvalue weighted by Crippen LogP contribution is 2.33. The highest BCUT2D eigenvalue weighted by molar-refractivity contribution is 7.98. The highest BCUT2D eigenvalue weighted by Gasteiger charge is 2.31.